The molecule has 1 spiro atoms. The molecule has 0 aromatic heterocycles. The van der Waals surface area contributed by atoms with E-state index in [4.69, 9.17) is 14.2 Å². The third kappa shape index (κ3) is 2.24. The third-order valence-corrected chi connectivity index (χ3v) is 6.06. The molecule has 0 aliphatic carbocycles. The van der Waals surface area contributed by atoms with Crippen LogP contribution < -0.4 is 0 Å². The van der Waals surface area contributed by atoms with Crippen LogP contribution in [0.25, 0.3) is 0 Å². The summed E-state index contributed by atoms with van der Waals surface area (Å²) in [5, 5.41) is 0. The Bertz CT molecular complexity index is 449. The summed E-state index contributed by atoms with van der Waals surface area (Å²) in [7, 11) is 0. The van der Waals surface area contributed by atoms with Crippen LogP contribution in [0.15, 0.2) is 0 Å². The summed E-state index contributed by atoms with van der Waals surface area (Å²) >= 11 is 2.14. The quantitative estimate of drug-likeness (QED) is 0.416. The number of cyclic esters (lactones) is 1. The van der Waals surface area contributed by atoms with Gasteiger partial charge in [-0.1, -0.05) is 29.5 Å². The van der Waals surface area contributed by atoms with E-state index in [1.54, 1.807) is 0 Å². The van der Waals surface area contributed by atoms with Crippen LogP contribution in [-0.2, 0) is 23.8 Å². The number of esters is 2. The van der Waals surface area contributed by atoms with Gasteiger partial charge >= 0.3 is 11.9 Å². The van der Waals surface area contributed by atoms with E-state index in [-0.39, 0.29) is 35.7 Å². The van der Waals surface area contributed by atoms with E-state index in [1.807, 2.05) is 13.8 Å². The molecule has 5 nitrogen and oxygen atoms in total. The van der Waals surface area contributed by atoms with Gasteiger partial charge in [-0.3, -0.25) is 9.59 Å². The molecule has 3 heterocycles. The van der Waals surface area contributed by atoms with Crippen LogP contribution in [0.3, 0.4) is 0 Å². The van der Waals surface area contributed by atoms with E-state index >= 15 is 0 Å². The zero-order chi connectivity index (χ0) is 14.5. The minimum atomic E-state index is -0.482. The fraction of sp³-hybridized carbons (Fsp3) is 0.857. The monoisotopic (exact) mass is 394 g/mol. The van der Waals surface area contributed by atoms with Crippen molar-refractivity contribution in [2.75, 3.05) is 6.61 Å². The molecule has 6 heteroatoms. The maximum absolute atomic E-state index is 12.1. The molecular formula is C14H19IO5. The molecule has 3 aliphatic rings. The maximum atomic E-state index is 12.1. The van der Waals surface area contributed by atoms with Crippen molar-refractivity contribution in [3.8, 4) is 0 Å². The minimum absolute atomic E-state index is 0.0150. The Kier molecular flexibility index (Phi) is 3.52. The van der Waals surface area contributed by atoms with Crippen molar-refractivity contribution in [2.24, 2.45) is 5.41 Å². The Labute approximate surface area is 131 Å². The number of ether oxygens (including phenoxy) is 3. The normalized spacial score (nSPS) is 41.8. The summed E-state index contributed by atoms with van der Waals surface area (Å²) in [4.78, 5) is 23.5. The lowest BCUT2D eigenvalue weighted by molar-refractivity contribution is -0.154. The Morgan fingerprint density at radius 3 is 2.85 bits per heavy atom. The SMILES string of the molecule is CCC(C)(I)C(=O)OC1CC2OC1CC21COC(=O)C1. The predicted octanol–water partition coefficient (Wildman–Crippen LogP) is 2.00. The van der Waals surface area contributed by atoms with Crippen molar-refractivity contribution in [2.45, 2.75) is 61.3 Å². The van der Waals surface area contributed by atoms with Crippen LogP contribution in [0.2, 0.25) is 0 Å². The van der Waals surface area contributed by atoms with Gasteiger partial charge in [0.15, 0.2) is 0 Å². The standard InChI is InChI=1S/C14H19IO5/c1-3-13(2,15)12(17)20-8-4-10-14(5-9(8)19-10)6-11(16)18-7-14/h8-10H,3-7H2,1-2H3. The van der Waals surface area contributed by atoms with E-state index in [0.29, 0.717) is 19.4 Å². The summed E-state index contributed by atoms with van der Waals surface area (Å²) in [5.41, 5.74) is -0.164. The number of rotatable bonds is 3. The summed E-state index contributed by atoms with van der Waals surface area (Å²) < 4.78 is 16.2. The van der Waals surface area contributed by atoms with Crippen molar-refractivity contribution in [1.82, 2.24) is 0 Å². The Morgan fingerprint density at radius 2 is 2.35 bits per heavy atom. The van der Waals surface area contributed by atoms with Gasteiger partial charge in [-0.15, -0.1) is 0 Å². The highest BCUT2D eigenvalue weighted by Gasteiger charge is 2.61. The fourth-order valence-electron chi connectivity index (χ4n) is 3.30. The molecule has 5 unspecified atom stereocenters. The first-order valence-electron chi connectivity index (χ1n) is 7.07. The number of carbonyl (C=O) groups excluding carboxylic acids is 2. The van der Waals surface area contributed by atoms with Gasteiger partial charge in [0.1, 0.15) is 16.1 Å². The highest BCUT2D eigenvalue weighted by atomic mass is 127. The van der Waals surface area contributed by atoms with Crippen molar-refractivity contribution in [1.29, 1.82) is 0 Å². The van der Waals surface area contributed by atoms with Gasteiger partial charge in [-0.05, 0) is 19.8 Å². The number of halogens is 1. The number of hydrogen-bond acceptors (Lipinski definition) is 5. The molecular weight excluding hydrogens is 375 g/mol. The molecule has 3 aliphatic heterocycles. The summed E-state index contributed by atoms with van der Waals surface area (Å²) in [6.45, 7) is 4.31. The van der Waals surface area contributed by atoms with Crippen LogP contribution in [0.4, 0.5) is 0 Å². The summed E-state index contributed by atoms with van der Waals surface area (Å²) in [6.07, 6.45) is 2.35. The van der Waals surface area contributed by atoms with Gasteiger partial charge < -0.3 is 14.2 Å². The smallest absolute Gasteiger partial charge is 0.322 e. The first-order valence-corrected chi connectivity index (χ1v) is 8.15. The zero-order valence-corrected chi connectivity index (χ0v) is 13.8. The zero-order valence-electron chi connectivity index (χ0n) is 11.7. The minimum Gasteiger partial charge on any atom is -0.465 e. The van der Waals surface area contributed by atoms with Gasteiger partial charge in [0.2, 0.25) is 0 Å². The van der Waals surface area contributed by atoms with Gasteiger partial charge in [-0.2, -0.15) is 0 Å². The molecule has 0 radical (unpaired) electrons. The molecule has 3 fully saturated rings. The van der Waals surface area contributed by atoms with Gasteiger partial charge in [0.05, 0.1) is 18.6 Å². The average Bonchev–Trinajstić information content (AvgIpc) is 3.05. The molecule has 0 aromatic rings. The molecule has 3 saturated heterocycles. The molecule has 0 amide bonds. The Morgan fingerprint density at radius 1 is 1.60 bits per heavy atom. The lowest BCUT2D eigenvalue weighted by atomic mass is 9.72. The second kappa shape index (κ2) is 4.83. The van der Waals surface area contributed by atoms with Crippen LogP contribution in [0.1, 0.15) is 39.5 Å². The van der Waals surface area contributed by atoms with E-state index in [0.717, 1.165) is 12.8 Å². The molecule has 3 rings (SSSR count). The molecule has 20 heavy (non-hydrogen) atoms. The second-order valence-corrected chi connectivity index (χ2v) is 8.68. The summed E-state index contributed by atoms with van der Waals surface area (Å²) in [6, 6.07) is 0. The molecule has 0 aromatic carbocycles. The van der Waals surface area contributed by atoms with E-state index in [9.17, 15) is 9.59 Å². The van der Waals surface area contributed by atoms with Gasteiger partial charge in [0.25, 0.3) is 0 Å². The molecule has 112 valence electrons. The lowest BCUT2D eigenvalue weighted by Gasteiger charge is -2.32. The number of hydrogen-bond donors (Lipinski definition) is 0. The van der Waals surface area contributed by atoms with Crippen LogP contribution in [0.5, 0.6) is 0 Å². The predicted molar refractivity (Wildman–Crippen MR) is 78.5 cm³/mol. The van der Waals surface area contributed by atoms with Crippen molar-refractivity contribution in [3.05, 3.63) is 0 Å². The first kappa shape index (κ1) is 14.6. The topological polar surface area (TPSA) is 61.8 Å². The van der Waals surface area contributed by atoms with E-state index < -0.39 is 3.42 Å². The first-order chi connectivity index (χ1) is 9.36. The number of fused-ring (bicyclic) bond motifs is 3. The van der Waals surface area contributed by atoms with Crippen molar-refractivity contribution >= 4 is 34.5 Å². The van der Waals surface area contributed by atoms with E-state index in [1.165, 1.54) is 0 Å². The highest BCUT2D eigenvalue weighted by Crippen LogP contribution is 2.53. The largest absolute Gasteiger partial charge is 0.465 e. The number of carbonyl (C=O) groups is 2. The maximum Gasteiger partial charge on any atom is 0.322 e. The van der Waals surface area contributed by atoms with E-state index in [2.05, 4.69) is 22.6 Å². The van der Waals surface area contributed by atoms with Gasteiger partial charge in [0, 0.05) is 11.8 Å². The molecule has 0 saturated carbocycles. The van der Waals surface area contributed by atoms with Crippen molar-refractivity contribution < 1.29 is 23.8 Å². The number of alkyl halides is 1. The average molecular weight is 394 g/mol. The second-order valence-electron chi connectivity index (χ2n) is 6.30. The Hall–Kier alpha value is -0.370. The molecule has 0 N–H and O–H groups in total. The van der Waals surface area contributed by atoms with Crippen LogP contribution in [-0.4, -0.2) is 40.3 Å². The van der Waals surface area contributed by atoms with Crippen LogP contribution >= 0.6 is 22.6 Å². The fourth-order valence-corrected chi connectivity index (χ4v) is 3.43. The Balaban J connectivity index is 1.62. The molecule has 2 bridgehead atoms. The third-order valence-electron chi connectivity index (χ3n) is 4.86. The van der Waals surface area contributed by atoms with Crippen molar-refractivity contribution in [3.63, 3.8) is 0 Å². The molecule has 5 atom stereocenters. The highest BCUT2D eigenvalue weighted by molar-refractivity contribution is 14.1. The lowest BCUT2D eigenvalue weighted by Crippen LogP contribution is -2.42. The summed E-state index contributed by atoms with van der Waals surface area (Å²) in [5.74, 6) is -0.310. The van der Waals surface area contributed by atoms with Gasteiger partial charge in [-0.25, -0.2) is 0 Å². The van der Waals surface area contributed by atoms with Crippen LogP contribution in [0, 0.1) is 5.41 Å².